The third-order valence-corrected chi connectivity index (χ3v) is 1.62. The van der Waals surface area contributed by atoms with E-state index in [0.717, 1.165) is 12.3 Å². The Kier molecular flexibility index (Phi) is 2.92. The number of nitro groups is 1. The van der Waals surface area contributed by atoms with Gasteiger partial charge in [-0.2, -0.15) is 0 Å². The normalized spacial score (nSPS) is 9.62. The van der Waals surface area contributed by atoms with Crippen LogP contribution in [0.15, 0.2) is 18.5 Å². The van der Waals surface area contributed by atoms with Crippen LogP contribution in [-0.2, 0) is 0 Å². The topological polar surface area (TPSA) is 73.1 Å². The molecule has 13 heavy (non-hydrogen) atoms. The summed E-state index contributed by atoms with van der Waals surface area (Å²) in [5, 5.41) is 10.3. The van der Waals surface area contributed by atoms with Crippen LogP contribution in [0.25, 0.3) is 0 Å². The molecule has 0 aliphatic carbocycles. The van der Waals surface area contributed by atoms with E-state index in [1.807, 2.05) is 0 Å². The van der Waals surface area contributed by atoms with Crippen LogP contribution in [0.5, 0.6) is 0 Å². The molecule has 6 heteroatoms. The van der Waals surface area contributed by atoms with Gasteiger partial charge in [0.2, 0.25) is 0 Å². The van der Waals surface area contributed by atoms with Crippen LogP contribution < -0.4 is 0 Å². The molecule has 0 atom stereocenters. The molecule has 0 amide bonds. The Hall–Kier alpha value is -1.49. The quantitative estimate of drug-likeness (QED) is 0.320. The van der Waals surface area contributed by atoms with Gasteiger partial charge in [0.25, 0.3) is 5.69 Å². The fourth-order valence-electron chi connectivity index (χ4n) is 0.757. The summed E-state index contributed by atoms with van der Waals surface area (Å²) >= 11 is 5.27. The van der Waals surface area contributed by atoms with Gasteiger partial charge >= 0.3 is 0 Å². The van der Waals surface area contributed by atoms with Crippen molar-refractivity contribution < 1.29 is 9.72 Å². The number of hydrogen-bond acceptors (Lipinski definition) is 4. The van der Waals surface area contributed by atoms with Crippen molar-refractivity contribution in [2.45, 2.75) is 0 Å². The maximum atomic E-state index is 11.0. The number of carbonyl (C=O) groups excluding carboxylic acids is 1. The maximum Gasteiger partial charge on any atom is 0.288 e. The van der Waals surface area contributed by atoms with Gasteiger partial charge in [0.15, 0.2) is 5.78 Å². The Morgan fingerprint density at radius 1 is 1.62 bits per heavy atom. The molecule has 0 aliphatic heterocycles. The summed E-state index contributed by atoms with van der Waals surface area (Å²) in [7, 11) is 0. The van der Waals surface area contributed by atoms with Crippen molar-refractivity contribution in [1.29, 1.82) is 0 Å². The molecule has 0 unspecified atom stereocenters. The molecule has 0 spiro atoms. The molecule has 1 aromatic rings. The van der Waals surface area contributed by atoms with Gasteiger partial charge in [-0.1, -0.05) is 0 Å². The fraction of sp³-hybridized carbons (Fsp3) is 0.143. The first-order chi connectivity index (χ1) is 6.15. The van der Waals surface area contributed by atoms with Crippen molar-refractivity contribution >= 4 is 23.1 Å². The average Bonchev–Trinajstić information content (AvgIpc) is 2.17. The number of hydrogen-bond donors (Lipinski definition) is 0. The van der Waals surface area contributed by atoms with Gasteiger partial charge in [-0.15, -0.1) is 11.6 Å². The zero-order chi connectivity index (χ0) is 9.84. The molecular formula is C7H5ClN2O3. The Balaban J connectivity index is 3.05. The summed E-state index contributed by atoms with van der Waals surface area (Å²) in [6.07, 6.45) is 2.32. The highest BCUT2D eigenvalue weighted by Gasteiger charge is 2.10. The minimum atomic E-state index is -0.613. The summed E-state index contributed by atoms with van der Waals surface area (Å²) < 4.78 is 0. The van der Waals surface area contributed by atoms with E-state index in [0.29, 0.717) is 0 Å². The highest BCUT2D eigenvalue weighted by atomic mass is 35.5. The predicted octanol–water partition coefficient (Wildman–Crippen LogP) is 1.41. The number of Topliss-reactive ketones (excluding diaryl/α,β-unsaturated/α-hetero) is 1. The number of nitrogens with zero attached hydrogens (tertiary/aromatic N) is 2. The molecule has 1 heterocycles. The van der Waals surface area contributed by atoms with Gasteiger partial charge in [-0.3, -0.25) is 19.9 Å². The lowest BCUT2D eigenvalue weighted by Crippen LogP contribution is -2.01. The molecule has 0 saturated carbocycles. The number of rotatable bonds is 3. The van der Waals surface area contributed by atoms with Crippen LogP contribution in [0.3, 0.4) is 0 Å². The Bertz CT molecular complexity index is 353. The predicted molar refractivity (Wildman–Crippen MR) is 45.9 cm³/mol. The summed E-state index contributed by atoms with van der Waals surface area (Å²) in [4.78, 5) is 24.2. The minimum Gasteiger partial charge on any atom is -0.293 e. The van der Waals surface area contributed by atoms with E-state index in [9.17, 15) is 14.9 Å². The molecule has 1 rings (SSSR count). The molecule has 0 aliphatic rings. The van der Waals surface area contributed by atoms with E-state index in [1.165, 1.54) is 6.20 Å². The SMILES string of the molecule is O=C(CCl)c1cncc([N+](=O)[O-])c1. The van der Waals surface area contributed by atoms with Crippen LogP contribution in [0.4, 0.5) is 5.69 Å². The average molecular weight is 201 g/mol. The second kappa shape index (κ2) is 3.95. The fourth-order valence-corrected chi connectivity index (χ4v) is 0.912. The Morgan fingerprint density at radius 2 is 2.31 bits per heavy atom. The van der Waals surface area contributed by atoms with Crippen LogP contribution in [0.1, 0.15) is 10.4 Å². The summed E-state index contributed by atoms with van der Waals surface area (Å²) in [5.41, 5.74) is -0.0554. The van der Waals surface area contributed by atoms with Crippen molar-refractivity contribution in [1.82, 2.24) is 4.98 Å². The van der Waals surface area contributed by atoms with Crippen molar-refractivity contribution in [3.8, 4) is 0 Å². The van der Waals surface area contributed by atoms with Crippen molar-refractivity contribution in [2.24, 2.45) is 0 Å². The number of carbonyl (C=O) groups is 1. The monoisotopic (exact) mass is 200 g/mol. The van der Waals surface area contributed by atoms with E-state index < -0.39 is 4.92 Å². The molecule has 0 radical (unpaired) electrons. The molecule has 0 fully saturated rings. The minimum absolute atomic E-state index is 0.157. The number of ketones is 1. The standard InChI is InChI=1S/C7H5ClN2O3/c8-2-7(11)5-1-6(10(12)13)4-9-3-5/h1,3-4H,2H2. The zero-order valence-electron chi connectivity index (χ0n) is 6.44. The molecule has 0 N–H and O–H groups in total. The van der Waals surface area contributed by atoms with Gasteiger partial charge in [0, 0.05) is 17.8 Å². The van der Waals surface area contributed by atoms with Crippen molar-refractivity contribution in [3.05, 3.63) is 34.1 Å². The van der Waals surface area contributed by atoms with E-state index in [2.05, 4.69) is 4.98 Å². The molecule has 68 valence electrons. The number of pyridine rings is 1. The van der Waals surface area contributed by atoms with Crippen LogP contribution in [0.2, 0.25) is 0 Å². The molecule has 0 aromatic carbocycles. The Morgan fingerprint density at radius 3 is 2.85 bits per heavy atom. The summed E-state index contributed by atoms with van der Waals surface area (Å²) in [6, 6.07) is 1.15. The molecular weight excluding hydrogens is 196 g/mol. The highest BCUT2D eigenvalue weighted by molar-refractivity contribution is 6.30. The van der Waals surface area contributed by atoms with E-state index in [4.69, 9.17) is 11.6 Å². The van der Waals surface area contributed by atoms with E-state index >= 15 is 0 Å². The first-order valence-electron chi connectivity index (χ1n) is 3.33. The zero-order valence-corrected chi connectivity index (χ0v) is 7.19. The lowest BCUT2D eigenvalue weighted by Gasteiger charge is -1.95. The van der Waals surface area contributed by atoms with E-state index in [-0.39, 0.29) is 22.9 Å². The number of aromatic nitrogens is 1. The first kappa shape index (κ1) is 9.60. The van der Waals surface area contributed by atoms with Crippen LogP contribution in [-0.4, -0.2) is 21.6 Å². The van der Waals surface area contributed by atoms with Gasteiger partial charge in [0.05, 0.1) is 10.8 Å². The molecule has 0 saturated heterocycles. The third kappa shape index (κ3) is 2.22. The van der Waals surface area contributed by atoms with E-state index in [1.54, 1.807) is 0 Å². The van der Waals surface area contributed by atoms with Gasteiger partial charge in [-0.25, -0.2) is 0 Å². The smallest absolute Gasteiger partial charge is 0.288 e. The van der Waals surface area contributed by atoms with Gasteiger partial charge in [-0.05, 0) is 0 Å². The van der Waals surface area contributed by atoms with Gasteiger partial charge in [0.1, 0.15) is 6.20 Å². The molecule has 0 bridgehead atoms. The number of halogens is 1. The first-order valence-corrected chi connectivity index (χ1v) is 3.87. The van der Waals surface area contributed by atoms with Crippen molar-refractivity contribution in [3.63, 3.8) is 0 Å². The number of alkyl halides is 1. The summed E-state index contributed by atoms with van der Waals surface area (Å²) in [6.45, 7) is 0. The van der Waals surface area contributed by atoms with Gasteiger partial charge < -0.3 is 0 Å². The molecule has 5 nitrogen and oxygen atoms in total. The second-order valence-corrected chi connectivity index (χ2v) is 2.51. The highest BCUT2D eigenvalue weighted by Crippen LogP contribution is 2.11. The lowest BCUT2D eigenvalue weighted by molar-refractivity contribution is -0.385. The van der Waals surface area contributed by atoms with Crippen LogP contribution >= 0.6 is 11.6 Å². The molecule has 1 aromatic heterocycles. The van der Waals surface area contributed by atoms with Crippen molar-refractivity contribution in [2.75, 3.05) is 5.88 Å². The Labute approximate surface area is 78.5 Å². The lowest BCUT2D eigenvalue weighted by atomic mass is 10.2. The third-order valence-electron chi connectivity index (χ3n) is 1.38. The summed E-state index contributed by atoms with van der Waals surface area (Å²) in [5.74, 6) is -0.582. The maximum absolute atomic E-state index is 11.0. The van der Waals surface area contributed by atoms with Crippen LogP contribution in [0, 0.1) is 10.1 Å². The second-order valence-electron chi connectivity index (χ2n) is 2.25. The largest absolute Gasteiger partial charge is 0.293 e.